The average molecular weight is 343 g/mol. The highest BCUT2D eigenvalue weighted by Gasteiger charge is 2.17. The topological polar surface area (TPSA) is 72.2 Å². The molecule has 0 aromatic carbocycles. The number of imidazole rings is 1. The first-order chi connectivity index (χ1) is 12.8. The van der Waals surface area contributed by atoms with Crippen molar-refractivity contribution in [3.8, 4) is 0 Å². The van der Waals surface area contributed by atoms with Gasteiger partial charge in [-0.05, 0) is 35.9 Å². The summed E-state index contributed by atoms with van der Waals surface area (Å²) in [7, 11) is 0. The average Bonchev–Trinajstić information content (AvgIpc) is 3.06. The van der Waals surface area contributed by atoms with Gasteiger partial charge in [0.2, 0.25) is 0 Å². The Kier molecular flexibility index (Phi) is 4.38. The van der Waals surface area contributed by atoms with Crippen molar-refractivity contribution in [2.24, 2.45) is 0 Å². The van der Waals surface area contributed by atoms with Gasteiger partial charge in [0.05, 0.1) is 17.8 Å². The number of nitrogens with one attached hydrogen (secondary N) is 1. The van der Waals surface area contributed by atoms with Crippen LogP contribution in [0.4, 0.5) is 0 Å². The van der Waals surface area contributed by atoms with Crippen LogP contribution in [0.15, 0.2) is 73.3 Å². The zero-order valence-electron chi connectivity index (χ0n) is 14.0. The molecule has 4 aromatic heterocycles. The Balaban J connectivity index is 1.61. The van der Waals surface area contributed by atoms with E-state index in [0.717, 1.165) is 22.6 Å². The van der Waals surface area contributed by atoms with Crippen molar-refractivity contribution in [2.75, 3.05) is 0 Å². The van der Waals surface area contributed by atoms with Crippen molar-refractivity contribution in [1.82, 2.24) is 24.7 Å². The number of carbonyl (C=O) groups excluding carboxylic acids is 1. The number of rotatable bonds is 5. The molecular weight excluding hydrogens is 326 g/mol. The van der Waals surface area contributed by atoms with E-state index in [4.69, 9.17) is 0 Å². The third-order valence-electron chi connectivity index (χ3n) is 4.08. The number of nitrogens with zero attached hydrogens (tertiary/aromatic N) is 4. The van der Waals surface area contributed by atoms with Gasteiger partial charge < -0.3 is 9.72 Å². The number of pyridine rings is 3. The van der Waals surface area contributed by atoms with Gasteiger partial charge in [0.25, 0.3) is 5.91 Å². The maximum atomic E-state index is 12.7. The predicted octanol–water partition coefficient (Wildman–Crippen LogP) is 2.65. The molecule has 6 nitrogen and oxygen atoms in total. The molecule has 4 aromatic rings. The highest BCUT2D eigenvalue weighted by atomic mass is 16.1. The van der Waals surface area contributed by atoms with Crippen LogP contribution in [0.3, 0.4) is 0 Å². The normalized spacial score (nSPS) is 10.8. The molecule has 0 radical (unpaired) electrons. The van der Waals surface area contributed by atoms with Crippen LogP contribution in [-0.2, 0) is 13.0 Å². The fraction of sp³-hybridized carbons (Fsp3) is 0.100. The summed E-state index contributed by atoms with van der Waals surface area (Å²) in [5.74, 6) is 0.591. The van der Waals surface area contributed by atoms with Crippen molar-refractivity contribution >= 4 is 11.4 Å². The maximum absolute atomic E-state index is 12.7. The lowest BCUT2D eigenvalue weighted by Crippen LogP contribution is -2.23. The van der Waals surface area contributed by atoms with E-state index in [0.29, 0.717) is 18.7 Å². The number of carbonyl (C=O) groups is 1. The Morgan fingerprint density at radius 3 is 2.77 bits per heavy atom. The second-order valence-corrected chi connectivity index (χ2v) is 5.87. The molecule has 1 amide bonds. The molecule has 0 atom stereocenters. The second kappa shape index (κ2) is 7.14. The smallest absolute Gasteiger partial charge is 0.272 e. The van der Waals surface area contributed by atoms with Crippen LogP contribution in [0.25, 0.3) is 5.52 Å². The minimum Gasteiger partial charge on any atom is -0.345 e. The fourth-order valence-electron chi connectivity index (χ4n) is 2.84. The van der Waals surface area contributed by atoms with Crippen molar-refractivity contribution in [2.45, 2.75) is 13.0 Å². The van der Waals surface area contributed by atoms with Crippen LogP contribution in [0.1, 0.15) is 27.6 Å². The molecule has 0 bridgehead atoms. The number of hydrogen-bond acceptors (Lipinski definition) is 4. The number of fused-ring (bicyclic) bond motifs is 1. The molecule has 4 rings (SSSR count). The third-order valence-corrected chi connectivity index (χ3v) is 4.08. The van der Waals surface area contributed by atoms with Crippen LogP contribution in [0.5, 0.6) is 0 Å². The Bertz CT molecular complexity index is 1030. The summed E-state index contributed by atoms with van der Waals surface area (Å²) < 4.78 is 1.95. The fourth-order valence-corrected chi connectivity index (χ4v) is 2.84. The molecule has 0 aliphatic carbocycles. The summed E-state index contributed by atoms with van der Waals surface area (Å²) in [5.41, 5.74) is 3.05. The molecule has 0 unspecified atom stereocenters. The van der Waals surface area contributed by atoms with Gasteiger partial charge in [-0.25, -0.2) is 4.98 Å². The Morgan fingerprint density at radius 2 is 1.96 bits per heavy atom. The minimum absolute atomic E-state index is 0.211. The van der Waals surface area contributed by atoms with Crippen LogP contribution >= 0.6 is 0 Å². The quantitative estimate of drug-likeness (QED) is 0.605. The maximum Gasteiger partial charge on any atom is 0.272 e. The van der Waals surface area contributed by atoms with E-state index >= 15 is 0 Å². The van der Waals surface area contributed by atoms with Gasteiger partial charge in [-0.2, -0.15) is 0 Å². The van der Waals surface area contributed by atoms with Gasteiger partial charge in [-0.1, -0.05) is 18.2 Å². The predicted molar refractivity (Wildman–Crippen MR) is 97.6 cm³/mol. The molecule has 6 heteroatoms. The van der Waals surface area contributed by atoms with Gasteiger partial charge in [-0.3, -0.25) is 14.8 Å². The molecule has 0 aliphatic rings. The first-order valence-electron chi connectivity index (χ1n) is 8.34. The molecule has 0 saturated heterocycles. The Labute approximate surface area is 150 Å². The van der Waals surface area contributed by atoms with Crippen LogP contribution in [-0.4, -0.2) is 25.3 Å². The van der Waals surface area contributed by atoms with E-state index < -0.39 is 0 Å². The summed E-state index contributed by atoms with van der Waals surface area (Å²) in [6, 6.07) is 15.2. The van der Waals surface area contributed by atoms with E-state index in [-0.39, 0.29) is 5.91 Å². The zero-order chi connectivity index (χ0) is 17.8. The Morgan fingerprint density at radius 1 is 1.04 bits per heavy atom. The van der Waals surface area contributed by atoms with Gasteiger partial charge in [0, 0.05) is 31.2 Å². The van der Waals surface area contributed by atoms with Crippen molar-refractivity contribution < 1.29 is 4.79 Å². The van der Waals surface area contributed by atoms with Crippen LogP contribution in [0, 0.1) is 0 Å². The van der Waals surface area contributed by atoms with E-state index in [9.17, 15) is 4.79 Å². The van der Waals surface area contributed by atoms with E-state index in [2.05, 4.69) is 20.3 Å². The lowest BCUT2D eigenvalue weighted by Gasteiger charge is -2.03. The zero-order valence-corrected chi connectivity index (χ0v) is 14.0. The molecule has 1 N–H and O–H groups in total. The molecule has 0 saturated carbocycles. The summed E-state index contributed by atoms with van der Waals surface area (Å²) >= 11 is 0. The van der Waals surface area contributed by atoms with E-state index in [1.54, 1.807) is 12.4 Å². The SMILES string of the molecule is O=C(NCc1ccccn1)c1nc(Cc2cccnc2)n2ccccc12. The summed E-state index contributed by atoms with van der Waals surface area (Å²) in [6.07, 6.45) is 7.78. The number of hydrogen-bond donors (Lipinski definition) is 1. The molecule has 0 spiro atoms. The van der Waals surface area contributed by atoms with Crippen molar-refractivity contribution in [3.05, 3.63) is 96.1 Å². The largest absolute Gasteiger partial charge is 0.345 e. The molecular formula is C20H17N5O. The van der Waals surface area contributed by atoms with Gasteiger partial charge in [0.15, 0.2) is 5.69 Å². The van der Waals surface area contributed by atoms with Gasteiger partial charge in [0.1, 0.15) is 5.82 Å². The standard InChI is InChI=1S/C20H17N5O/c26-20(23-14-16-7-1-3-10-22-16)19-17-8-2-4-11-25(17)18(24-19)12-15-6-5-9-21-13-15/h1-11,13H,12,14H2,(H,23,26). The molecule has 0 fully saturated rings. The molecule has 128 valence electrons. The summed E-state index contributed by atoms with van der Waals surface area (Å²) in [4.78, 5) is 25.6. The highest BCUT2D eigenvalue weighted by Crippen LogP contribution is 2.16. The van der Waals surface area contributed by atoms with Crippen LogP contribution in [0.2, 0.25) is 0 Å². The highest BCUT2D eigenvalue weighted by molar-refractivity contribution is 5.99. The monoisotopic (exact) mass is 343 g/mol. The third kappa shape index (κ3) is 3.30. The molecule has 4 heterocycles. The lowest BCUT2D eigenvalue weighted by molar-refractivity contribution is 0.0947. The molecule has 26 heavy (non-hydrogen) atoms. The van der Waals surface area contributed by atoms with Crippen LogP contribution < -0.4 is 5.32 Å². The first-order valence-corrected chi connectivity index (χ1v) is 8.34. The number of amides is 1. The number of aromatic nitrogens is 4. The first kappa shape index (κ1) is 16.0. The van der Waals surface area contributed by atoms with Gasteiger partial charge >= 0.3 is 0 Å². The minimum atomic E-state index is -0.211. The molecule has 0 aliphatic heterocycles. The van der Waals surface area contributed by atoms with E-state index in [1.807, 2.05) is 65.3 Å². The Hall–Kier alpha value is -3.54. The lowest BCUT2D eigenvalue weighted by atomic mass is 10.2. The summed E-state index contributed by atoms with van der Waals surface area (Å²) in [6.45, 7) is 0.365. The van der Waals surface area contributed by atoms with Crippen molar-refractivity contribution in [1.29, 1.82) is 0 Å². The summed E-state index contributed by atoms with van der Waals surface area (Å²) in [5, 5.41) is 2.89. The second-order valence-electron chi connectivity index (χ2n) is 5.87. The van der Waals surface area contributed by atoms with E-state index in [1.165, 1.54) is 0 Å². The van der Waals surface area contributed by atoms with Gasteiger partial charge in [-0.15, -0.1) is 0 Å². The van der Waals surface area contributed by atoms with Crippen molar-refractivity contribution in [3.63, 3.8) is 0 Å².